The number of carbonyl (C=O) groups excluding carboxylic acids is 2. The number of hydrogen-bond acceptors (Lipinski definition) is 4. The van der Waals surface area contributed by atoms with Gasteiger partial charge in [-0.1, -0.05) is 48.5 Å². The number of hydrogen-bond donors (Lipinski definition) is 2. The van der Waals surface area contributed by atoms with Crippen molar-refractivity contribution in [2.75, 3.05) is 25.0 Å². The van der Waals surface area contributed by atoms with Crippen LogP contribution < -0.4 is 15.4 Å². The number of fused-ring (bicyclic) bond motifs is 2. The smallest absolute Gasteiger partial charge is 0.258 e. The molecule has 0 radical (unpaired) electrons. The van der Waals surface area contributed by atoms with Crippen molar-refractivity contribution in [3.63, 3.8) is 0 Å². The Morgan fingerprint density at radius 2 is 1.73 bits per heavy atom. The van der Waals surface area contributed by atoms with Gasteiger partial charge in [0, 0.05) is 37.0 Å². The normalized spacial score (nSPS) is 17.8. The van der Waals surface area contributed by atoms with Crippen LogP contribution in [0.1, 0.15) is 23.2 Å². The lowest BCUT2D eigenvalue weighted by Crippen LogP contribution is -2.61. The molecule has 3 aromatic rings. The predicted molar refractivity (Wildman–Crippen MR) is 116 cm³/mol. The molecular formula is C24H23N3O3. The first-order chi connectivity index (χ1) is 14.6. The van der Waals surface area contributed by atoms with Gasteiger partial charge in [0.2, 0.25) is 5.91 Å². The third-order valence-electron chi connectivity index (χ3n) is 5.87. The molecule has 30 heavy (non-hydrogen) atoms. The van der Waals surface area contributed by atoms with Crippen LogP contribution in [-0.2, 0) is 4.79 Å². The molecule has 0 aromatic heterocycles. The maximum absolute atomic E-state index is 12.7. The van der Waals surface area contributed by atoms with Crippen molar-refractivity contribution in [2.45, 2.75) is 18.6 Å². The van der Waals surface area contributed by atoms with Gasteiger partial charge in [0.25, 0.3) is 5.91 Å². The van der Waals surface area contributed by atoms with Gasteiger partial charge in [-0.2, -0.15) is 0 Å². The molecule has 1 saturated heterocycles. The largest absolute Gasteiger partial charge is 0.467 e. The van der Waals surface area contributed by atoms with Crippen LogP contribution in [0.15, 0.2) is 66.7 Å². The highest BCUT2D eigenvalue weighted by atomic mass is 16.5. The van der Waals surface area contributed by atoms with Gasteiger partial charge in [-0.05, 0) is 23.6 Å². The van der Waals surface area contributed by atoms with Crippen molar-refractivity contribution < 1.29 is 14.3 Å². The van der Waals surface area contributed by atoms with Crippen LogP contribution in [0, 0.1) is 0 Å². The van der Waals surface area contributed by atoms with Gasteiger partial charge in [-0.25, -0.2) is 0 Å². The standard InChI is InChI=1S/C24H23N3O3/c28-22(25-20-10-5-7-17-6-1-2-8-18(17)20)16-27-14-12-24(13-15-27)26-23(29)19-9-3-4-11-21(19)30-24/h1-11H,12-16H2,(H,25,28)(H,26,29). The number of ether oxygens (including phenoxy) is 1. The molecule has 0 saturated carbocycles. The summed E-state index contributed by atoms with van der Waals surface area (Å²) in [6.07, 6.45) is 1.27. The van der Waals surface area contributed by atoms with Crippen molar-refractivity contribution >= 4 is 28.3 Å². The van der Waals surface area contributed by atoms with E-state index in [0.29, 0.717) is 43.8 Å². The molecule has 2 amide bonds. The molecule has 2 heterocycles. The van der Waals surface area contributed by atoms with Gasteiger partial charge in [-0.3, -0.25) is 14.5 Å². The van der Waals surface area contributed by atoms with E-state index < -0.39 is 5.72 Å². The topological polar surface area (TPSA) is 70.7 Å². The second kappa shape index (κ2) is 7.46. The molecule has 0 aliphatic carbocycles. The molecule has 2 aliphatic rings. The number of rotatable bonds is 3. The number of anilines is 1. The Bertz CT molecular complexity index is 1110. The lowest BCUT2D eigenvalue weighted by atomic mass is 9.97. The van der Waals surface area contributed by atoms with Crippen LogP contribution in [0.25, 0.3) is 10.8 Å². The summed E-state index contributed by atoms with van der Waals surface area (Å²) in [7, 11) is 0. The minimum Gasteiger partial charge on any atom is -0.467 e. The van der Waals surface area contributed by atoms with E-state index >= 15 is 0 Å². The number of amides is 2. The summed E-state index contributed by atoms with van der Waals surface area (Å²) < 4.78 is 6.17. The molecule has 0 bridgehead atoms. The van der Waals surface area contributed by atoms with Crippen molar-refractivity contribution in [1.29, 1.82) is 0 Å². The molecule has 1 spiro atoms. The van der Waals surface area contributed by atoms with Gasteiger partial charge in [0.1, 0.15) is 5.75 Å². The Hall–Kier alpha value is -3.38. The molecule has 6 nitrogen and oxygen atoms in total. The van der Waals surface area contributed by atoms with E-state index in [1.165, 1.54) is 0 Å². The molecule has 152 valence electrons. The Kier molecular flexibility index (Phi) is 4.64. The number of nitrogens with one attached hydrogen (secondary N) is 2. The number of para-hydroxylation sites is 1. The van der Waals surface area contributed by atoms with E-state index in [1.807, 2.05) is 60.7 Å². The SMILES string of the molecule is O=C(CN1CCC2(CC1)NC(=O)c1ccccc1O2)Nc1cccc2ccccc12. The summed E-state index contributed by atoms with van der Waals surface area (Å²) in [6.45, 7) is 1.65. The van der Waals surface area contributed by atoms with Gasteiger partial charge in [0.15, 0.2) is 5.72 Å². The van der Waals surface area contributed by atoms with E-state index in [1.54, 1.807) is 6.07 Å². The molecule has 2 N–H and O–H groups in total. The van der Waals surface area contributed by atoms with E-state index in [0.717, 1.165) is 16.5 Å². The van der Waals surface area contributed by atoms with Crippen LogP contribution in [-0.4, -0.2) is 42.1 Å². The van der Waals surface area contributed by atoms with Crippen LogP contribution in [0.3, 0.4) is 0 Å². The summed E-state index contributed by atoms with van der Waals surface area (Å²) in [5.74, 6) is 0.489. The maximum atomic E-state index is 12.7. The number of nitrogens with zero attached hydrogens (tertiary/aromatic N) is 1. The zero-order valence-electron chi connectivity index (χ0n) is 16.6. The fourth-order valence-corrected chi connectivity index (χ4v) is 4.28. The van der Waals surface area contributed by atoms with Gasteiger partial charge in [-0.15, -0.1) is 0 Å². The first kappa shape index (κ1) is 18.6. The zero-order valence-corrected chi connectivity index (χ0v) is 16.6. The van der Waals surface area contributed by atoms with Crippen LogP contribution >= 0.6 is 0 Å². The lowest BCUT2D eigenvalue weighted by Gasteiger charge is -2.44. The van der Waals surface area contributed by atoms with Gasteiger partial charge in [0.05, 0.1) is 12.1 Å². The third-order valence-corrected chi connectivity index (χ3v) is 5.87. The monoisotopic (exact) mass is 401 g/mol. The van der Waals surface area contributed by atoms with Gasteiger partial charge < -0.3 is 15.4 Å². The number of benzene rings is 3. The van der Waals surface area contributed by atoms with E-state index in [9.17, 15) is 9.59 Å². The molecule has 3 aromatic carbocycles. The highest BCUT2D eigenvalue weighted by Crippen LogP contribution is 2.33. The number of piperidine rings is 1. The lowest BCUT2D eigenvalue weighted by molar-refractivity contribution is -0.118. The van der Waals surface area contributed by atoms with Crippen molar-refractivity contribution in [2.24, 2.45) is 0 Å². The number of carbonyl (C=O) groups is 2. The molecule has 1 fully saturated rings. The summed E-state index contributed by atoms with van der Waals surface area (Å²) >= 11 is 0. The quantitative estimate of drug-likeness (QED) is 0.706. The van der Waals surface area contributed by atoms with Crippen LogP contribution in [0.4, 0.5) is 5.69 Å². The first-order valence-electron chi connectivity index (χ1n) is 10.2. The second-order valence-electron chi connectivity index (χ2n) is 7.90. The highest BCUT2D eigenvalue weighted by Gasteiger charge is 2.42. The Labute approximate surface area is 174 Å². The average molecular weight is 401 g/mol. The summed E-state index contributed by atoms with van der Waals surface area (Å²) in [5, 5.41) is 8.20. The number of likely N-dealkylation sites (tertiary alicyclic amines) is 1. The molecule has 0 unspecified atom stereocenters. The first-order valence-corrected chi connectivity index (χ1v) is 10.2. The molecule has 0 atom stereocenters. The summed E-state index contributed by atoms with van der Waals surface area (Å²) in [4.78, 5) is 27.2. The third kappa shape index (κ3) is 3.50. The Morgan fingerprint density at radius 1 is 1.00 bits per heavy atom. The second-order valence-corrected chi connectivity index (χ2v) is 7.90. The minimum atomic E-state index is -0.686. The zero-order chi connectivity index (χ0) is 20.6. The molecular weight excluding hydrogens is 378 g/mol. The van der Waals surface area contributed by atoms with E-state index in [2.05, 4.69) is 15.5 Å². The average Bonchev–Trinajstić information content (AvgIpc) is 2.76. The maximum Gasteiger partial charge on any atom is 0.258 e. The summed E-state index contributed by atoms with van der Waals surface area (Å²) in [5.41, 5.74) is 0.708. The fourth-order valence-electron chi connectivity index (χ4n) is 4.28. The summed E-state index contributed by atoms with van der Waals surface area (Å²) in [6, 6.07) is 21.2. The molecule has 6 heteroatoms. The van der Waals surface area contributed by atoms with Crippen molar-refractivity contribution in [3.8, 4) is 5.75 Å². The highest BCUT2D eigenvalue weighted by molar-refractivity contribution is 6.02. The van der Waals surface area contributed by atoms with Crippen LogP contribution in [0.5, 0.6) is 5.75 Å². The van der Waals surface area contributed by atoms with E-state index in [-0.39, 0.29) is 11.8 Å². The van der Waals surface area contributed by atoms with Crippen molar-refractivity contribution in [1.82, 2.24) is 10.2 Å². The van der Waals surface area contributed by atoms with Crippen LogP contribution in [0.2, 0.25) is 0 Å². The Balaban J connectivity index is 1.21. The minimum absolute atomic E-state index is 0.0405. The molecule has 5 rings (SSSR count). The molecule has 2 aliphatic heterocycles. The van der Waals surface area contributed by atoms with E-state index in [4.69, 9.17) is 4.74 Å². The van der Waals surface area contributed by atoms with Gasteiger partial charge >= 0.3 is 0 Å². The fraction of sp³-hybridized carbons (Fsp3) is 0.250. The predicted octanol–water partition coefficient (Wildman–Crippen LogP) is 3.39. The Morgan fingerprint density at radius 3 is 2.60 bits per heavy atom. The van der Waals surface area contributed by atoms with Crippen molar-refractivity contribution in [3.05, 3.63) is 72.3 Å².